The Morgan fingerprint density at radius 2 is 2.11 bits per heavy atom. The van der Waals surface area contributed by atoms with E-state index in [2.05, 4.69) is 26.0 Å². The van der Waals surface area contributed by atoms with E-state index in [0.717, 1.165) is 40.4 Å². The second-order valence-corrected chi connectivity index (χ2v) is 8.28. The topological polar surface area (TPSA) is 42.4 Å². The molecule has 1 aliphatic heterocycles. The van der Waals surface area contributed by atoms with Crippen LogP contribution in [-0.2, 0) is 4.74 Å². The van der Waals surface area contributed by atoms with Crippen LogP contribution in [0.2, 0.25) is 0 Å². The molecule has 4 nitrogen and oxygen atoms in total. The molecule has 0 saturated carbocycles. The molecular weight excluding hydrogens is 356 g/mol. The van der Waals surface area contributed by atoms with Gasteiger partial charge >= 0.3 is 0 Å². The smallest absolute Gasteiger partial charge is 0.260 e. The number of ether oxygens (including phenoxy) is 1. The first-order valence-electron chi connectivity index (χ1n) is 9.40. The summed E-state index contributed by atoms with van der Waals surface area (Å²) in [4.78, 5) is 20.0. The Balaban J connectivity index is 1.75. The highest BCUT2D eigenvalue weighted by Gasteiger charge is 2.27. The Kier molecular flexibility index (Phi) is 4.98. The lowest BCUT2D eigenvalue weighted by molar-refractivity contribution is 0.0917. The van der Waals surface area contributed by atoms with E-state index in [1.807, 2.05) is 36.1 Å². The molecular formula is C22H24N2O2S. The number of carbonyl (C=O) groups excluding carboxylic acids is 1. The van der Waals surface area contributed by atoms with Crippen LogP contribution in [-0.4, -0.2) is 30.1 Å². The van der Waals surface area contributed by atoms with E-state index >= 15 is 0 Å². The number of carbonyl (C=O) groups is 1. The second-order valence-electron chi connectivity index (χ2n) is 7.27. The van der Waals surface area contributed by atoms with Crippen LogP contribution >= 0.6 is 11.3 Å². The molecule has 3 aromatic rings. The zero-order valence-corrected chi connectivity index (χ0v) is 16.8. The predicted molar refractivity (Wildman–Crippen MR) is 111 cm³/mol. The molecule has 1 aromatic heterocycles. The molecule has 1 aliphatic rings. The van der Waals surface area contributed by atoms with Crippen molar-refractivity contribution in [1.82, 2.24) is 4.98 Å². The van der Waals surface area contributed by atoms with Crippen molar-refractivity contribution in [3.05, 3.63) is 58.7 Å². The average Bonchev–Trinajstić information content (AvgIpc) is 3.32. The van der Waals surface area contributed by atoms with Gasteiger partial charge in [0.15, 0.2) is 5.13 Å². The van der Waals surface area contributed by atoms with Crippen molar-refractivity contribution in [2.45, 2.75) is 39.7 Å². The third kappa shape index (κ3) is 3.62. The molecule has 0 bridgehead atoms. The number of hydrogen-bond acceptors (Lipinski definition) is 4. The second kappa shape index (κ2) is 7.41. The van der Waals surface area contributed by atoms with Crippen molar-refractivity contribution in [2.75, 3.05) is 18.1 Å². The Hall–Kier alpha value is -2.24. The average molecular weight is 381 g/mol. The molecule has 2 aromatic carbocycles. The van der Waals surface area contributed by atoms with Crippen LogP contribution in [0.4, 0.5) is 5.13 Å². The number of aryl methyl sites for hydroxylation is 3. The minimum absolute atomic E-state index is 0.0115. The van der Waals surface area contributed by atoms with Crippen LogP contribution in [0.25, 0.3) is 10.2 Å². The zero-order chi connectivity index (χ0) is 19.0. The standard InChI is InChI=1S/C22H24N2O2S/c1-14-6-4-7-17(12-14)21(25)24(13-18-8-5-11-26-18)22-23-20-16(3)15(2)9-10-19(20)27-22/h4,6-7,9-10,12,18H,5,8,11,13H2,1-3H3. The summed E-state index contributed by atoms with van der Waals surface area (Å²) in [6, 6.07) is 12.0. The van der Waals surface area contributed by atoms with Crippen LogP contribution in [0.1, 0.15) is 39.9 Å². The molecule has 5 heteroatoms. The molecule has 2 heterocycles. The van der Waals surface area contributed by atoms with Gasteiger partial charge in [0, 0.05) is 12.2 Å². The molecule has 1 unspecified atom stereocenters. The summed E-state index contributed by atoms with van der Waals surface area (Å²) in [5.74, 6) is -0.0115. The van der Waals surface area contributed by atoms with Crippen LogP contribution in [0.5, 0.6) is 0 Å². The number of thiazole rings is 1. The predicted octanol–water partition coefficient (Wildman–Crippen LogP) is 5.05. The molecule has 0 aliphatic carbocycles. The first-order chi connectivity index (χ1) is 13.0. The molecule has 1 fully saturated rings. The molecule has 1 amide bonds. The maximum Gasteiger partial charge on any atom is 0.260 e. The number of benzene rings is 2. The van der Waals surface area contributed by atoms with Crippen LogP contribution in [0.3, 0.4) is 0 Å². The number of fused-ring (bicyclic) bond motifs is 1. The van der Waals surface area contributed by atoms with Gasteiger partial charge in [0.05, 0.1) is 22.9 Å². The molecule has 1 atom stereocenters. The van der Waals surface area contributed by atoms with E-state index in [1.54, 1.807) is 11.3 Å². The first kappa shape index (κ1) is 18.1. The number of anilines is 1. The summed E-state index contributed by atoms with van der Waals surface area (Å²) in [7, 11) is 0. The monoisotopic (exact) mass is 380 g/mol. The molecule has 0 radical (unpaired) electrons. The lowest BCUT2D eigenvalue weighted by atomic mass is 10.1. The van der Waals surface area contributed by atoms with Crippen molar-refractivity contribution in [3.8, 4) is 0 Å². The highest BCUT2D eigenvalue weighted by atomic mass is 32.1. The van der Waals surface area contributed by atoms with E-state index in [1.165, 1.54) is 11.1 Å². The highest BCUT2D eigenvalue weighted by Crippen LogP contribution is 2.33. The van der Waals surface area contributed by atoms with Crippen molar-refractivity contribution in [1.29, 1.82) is 0 Å². The van der Waals surface area contributed by atoms with Crippen molar-refractivity contribution in [2.24, 2.45) is 0 Å². The van der Waals surface area contributed by atoms with Gasteiger partial charge in [0.2, 0.25) is 0 Å². The summed E-state index contributed by atoms with van der Waals surface area (Å²) in [5.41, 5.74) is 5.16. The van der Waals surface area contributed by atoms with E-state index in [9.17, 15) is 4.79 Å². The lowest BCUT2D eigenvalue weighted by Crippen LogP contribution is -2.37. The highest BCUT2D eigenvalue weighted by molar-refractivity contribution is 7.22. The SMILES string of the molecule is Cc1cccc(C(=O)N(CC2CCCO2)c2nc3c(C)c(C)ccc3s2)c1. The largest absolute Gasteiger partial charge is 0.376 e. The van der Waals surface area contributed by atoms with E-state index < -0.39 is 0 Å². The van der Waals surface area contributed by atoms with Gasteiger partial charge in [-0.25, -0.2) is 4.98 Å². The van der Waals surface area contributed by atoms with Crippen LogP contribution in [0, 0.1) is 20.8 Å². The van der Waals surface area contributed by atoms with Crippen molar-refractivity contribution < 1.29 is 9.53 Å². The number of rotatable bonds is 4. The number of aromatic nitrogens is 1. The van der Waals surface area contributed by atoms with E-state index in [-0.39, 0.29) is 12.0 Å². The Morgan fingerprint density at radius 3 is 2.85 bits per heavy atom. The fraction of sp³-hybridized carbons (Fsp3) is 0.364. The number of amides is 1. The molecule has 0 spiro atoms. The van der Waals surface area contributed by atoms with Gasteiger partial charge in [-0.2, -0.15) is 0 Å². The van der Waals surface area contributed by atoms with Gasteiger partial charge in [-0.15, -0.1) is 0 Å². The normalized spacial score (nSPS) is 16.8. The summed E-state index contributed by atoms with van der Waals surface area (Å²) in [5, 5.41) is 0.751. The van der Waals surface area contributed by atoms with Gasteiger partial charge in [-0.05, 0) is 62.9 Å². The molecule has 1 saturated heterocycles. The van der Waals surface area contributed by atoms with Crippen LogP contribution < -0.4 is 4.90 Å². The number of nitrogens with zero attached hydrogens (tertiary/aromatic N) is 2. The minimum atomic E-state index is -0.0115. The Bertz CT molecular complexity index is 989. The summed E-state index contributed by atoms with van der Waals surface area (Å²) < 4.78 is 6.93. The van der Waals surface area contributed by atoms with E-state index in [4.69, 9.17) is 9.72 Å². The fourth-order valence-electron chi connectivity index (χ4n) is 3.50. The van der Waals surface area contributed by atoms with Gasteiger partial charge < -0.3 is 4.74 Å². The van der Waals surface area contributed by atoms with Crippen LogP contribution in [0.15, 0.2) is 36.4 Å². The summed E-state index contributed by atoms with van der Waals surface area (Å²) >= 11 is 1.58. The Morgan fingerprint density at radius 1 is 1.26 bits per heavy atom. The maximum atomic E-state index is 13.4. The zero-order valence-electron chi connectivity index (χ0n) is 16.0. The maximum absolute atomic E-state index is 13.4. The van der Waals surface area contributed by atoms with Gasteiger partial charge in [-0.3, -0.25) is 9.69 Å². The number of hydrogen-bond donors (Lipinski definition) is 0. The Labute approximate surface area is 163 Å². The minimum Gasteiger partial charge on any atom is -0.376 e. The first-order valence-corrected chi connectivity index (χ1v) is 10.2. The fourth-order valence-corrected chi connectivity index (χ4v) is 4.54. The lowest BCUT2D eigenvalue weighted by Gasteiger charge is -2.23. The van der Waals surface area contributed by atoms with Crippen molar-refractivity contribution in [3.63, 3.8) is 0 Å². The molecule has 4 rings (SSSR count). The third-order valence-corrected chi connectivity index (χ3v) is 6.27. The summed E-state index contributed by atoms with van der Waals surface area (Å²) in [6.45, 7) is 7.51. The molecule has 27 heavy (non-hydrogen) atoms. The van der Waals surface area contributed by atoms with E-state index in [0.29, 0.717) is 12.1 Å². The van der Waals surface area contributed by atoms with Gasteiger partial charge in [-0.1, -0.05) is 35.1 Å². The van der Waals surface area contributed by atoms with Gasteiger partial charge in [0.1, 0.15) is 0 Å². The summed E-state index contributed by atoms with van der Waals surface area (Å²) in [6.07, 6.45) is 2.12. The molecule has 0 N–H and O–H groups in total. The van der Waals surface area contributed by atoms with Gasteiger partial charge in [0.25, 0.3) is 5.91 Å². The van der Waals surface area contributed by atoms with Crippen molar-refractivity contribution >= 4 is 32.6 Å². The quantitative estimate of drug-likeness (QED) is 0.636. The third-order valence-electron chi connectivity index (χ3n) is 5.22. The molecule has 140 valence electrons.